The highest BCUT2D eigenvalue weighted by atomic mass is 32.1. The third-order valence-corrected chi connectivity index (χ3v) is 4.26. The van der Waals surface area contributed by atoms with Crippen molar-refractivity contribution in [2.75, 3.05) is 6.54 Å². The van der Waals surface area contributed by atoms with Crippen LogP contribution in [0.4, 0.5) is 13.2 Å². The number of aryl methyl sites for hydroxylation is 2. The topological polar surface area (TPSA) is 24.9 Å². The number of thiazole rings is 1. The lowest BCUT2D eigenvalue weighted by Crippen LogP contribution is -2.24. The molecule has 102 valence electrons. The number of aromatic nitrogens is 1. The lowest BCUT2D eigenvalue weighted by atomic mass is 9.98. The molecule has 1 aromatic heterocycles. The van der Waals surface area contributed by atoms with E-state index in [1.165, 1.54) is 16.2 Å². The Morgan fingerprint density at radius 3 is 2.89 bits per heavy atom. The Hall–Kier alpha value is -0.620. The molecule has 1 aromatic rings. The van der Waals surface area contributed by atoms with Crippen LogP contribution >= 0.6 is 11.3 Å². The molecular formula is C12H17F3N2S. The van der Waals surface area contributed by atoms with Crippen molar-refractivity contribution in [2.45, 2.75) is 51.2 Å². The largest absolute Gasteiger partial charge is 0.389 e. The first-order chi connectivity index (χ1) is 8.49. The summed E-state index contributed by atoms with van der Waals surface area (Å²) in [6.07, 6.45) is -1.77. The summed E-state index contributed by atoms with van der Waals surface area (Å²) in [5, 5.41) is 3.98. The van der Waals surface area contributed by atoms with E-state index in [1.54, 1.807) is 0 Å². The van der Waals surface area contributed by atoms with Gasteiger partial charge < -0.3 is 5.32 Å². The summed E-state index contributed by atoms with van der Waals surface area (Å²) in [5.74, 6) is 0. The fourth-order valence-corrected chi connectivity index (χ4v) is 3.44. The highest BCUT2D eigenvalue weighted by molar-refractivity contribution is 7.11. The zero-order valence-electron chi connectivity index (χ0n) is 10.3. The van der Waals surface area contributed by atoms with E-state index in [1.807, 2.05) is 6.92 Å². The van der Waals surface area contributed by atoms with Crippen LogP contribution in [0, 0.1) is 0 Å². The van der Waals surface area contributed by atoms with Crippen molar-refractivity contribution in [1.82, 2.24) is 10.3 Å². The first-order valence-electron chi connectivity index (χ1n) is 6.28. The van der Waals surface area contributed by atoms with Gasteiger partial charge in [0, 0.05) is 17.7 Å². The van der Waals surface area contributed by atoms with Crippen molar-refractivity contribution in [1.29, 1.82) is 0 Å². The second kappa shape index (κ2) is 5.57. The Bertz CT molecular complexity index is 401. The molecule has 0 aromatic carbocycles. The second-order valence-electron chi connectivity index (χ2n) is 4.53. The SMILES string of the molecule is CCNC1CCCc2sc(CCC(F)(F)F)nc21. The molecule has 0 saturated heterocycles. The lowest BCUT2D eigenvalue weighted by Gasteiger charge is -2.21. The van der Waals surface area contributed by atoms with E-state index in [0.29, 0.717) is 5.01 Å². The van der Waals surface area contributed by atoms with Gasteiger partial charge in [0.05, 0.1) is 16.7 Å². The molecule has 2 nitrogen and oxygen atoms in total. The molecule has 1 aliphatic rings. The average Bonchev–Trinajstić information content (AvgIpc) is 2.70. The minimum Gasteiger partial charge on any atom is -0.309 e. The summed E-state index contributed by atoms with van der Waals surface area (Å²) in [4.78, 5) is 5.58. The molecule has 1 atom stereocenters. The van der Waals surface area contributed by atoms with E-state index in [0.717, 1.165) is 31.5 Å². The van der Waals surface area contributed by atoms with Gasteiger partial charge in [-0.2, -0.15) is 13.2 Å². The average molecular weight is 278 g/mol. The highest BCUT2D eigenvalue weighted by Gasteiger charge is 2.29. The monoisotopic (exact) mass is 278 g/mol. The standard InChI is InChI=1S/C12H17F3N2S/c1-2-16-8-4-3-5-9-11(8)17-10(18-9)6-7-12(13,14)15/h8,16H,2-7H2,1H3. The summed E-state index contributed by atoms with van der Waals surface area (Å²) in [6, 6.07) is 0.231. The summed E-state index contributed by atoms with van der Waals surface area (Å²) in [7, 11) is 0. The van der Waals surface area contributed by atoms with Crippen molar-refractivity contribution in [3.63, 3.8) is 0 Å². The van der Waals surface area contributed by atoms with E-state index >= 15 is 0 Å². The summed E-state index contributed by atoms with van der Waals surface area (Å²) >= 11 is 1.45. The van der Waals surface area contributed by atoms with Crippen LogP contribution in [-0.2, 0) is 12.8 Å². The molecule has 6 heteroatoms. The first kappa shape index (κ1) is 13.8. The second-order valence-corrected chi connectivity index (χ2v) is 5.70. The van der Waals surface area contributed by atoms with Crippen LogP contribution in [-0.4, -0.2) is 17.7 Å². The maximum Gasteiger partial charge on any atom is 0.389 e. The van der Waals surface area contributed by atoms with Crippen LogP contribution in [0.15, 0.2) is 0 Å². The number of nitrogens with zero attached hydrogens (tertiary/aromatic N) is 1. The van der Waals surface area contributed by atoms with Gasteiger partial charge in [-0.1, -0.05) is 6.92 Å². The van der Waals surface area contributed by atoms with Gasteiger partial charge in [-0.05, 0) is 25.8 Å². The van der Waals surface area contributed by atoms with Gasteiger partial charge in [-0.25, -0.2) is 4.98 Å². The Morgan fingerprint density at radius 2 is 2.22 bits per heavy atom. The summed E-state index contributed by atoms with van der Waals surface area (Å²) in [6.45, 7) is 2.89. The minimum absolute atomic E-state index is 0.0139. The predicted molar refractivity (Wildman–Crippen MR) is 65.8 cm³/mol. The zero-order valence-corrected chi connectivity index (χ0v) is 11.1. The normalized spacial score (nSPS) is 19.9. The smallest absolute Gasteiger partial charge is 0.309 e. The van der Waals surface area contributed by atoms with Crippen LogP contribution in [0.3, 0.4) is 0 Å². The van der Waals surface area contributed by atoms with Crippen LogP contribution in [0.1, 0.15) is 47.8 Å². The van der Waals surface area contributed by atoms with Gasteiger partial charge in [-0.15, -0.1) is 11.3 Å². The number of halogens is 3. The number of nitrogens with one attached hydrogen (secondary N) is 1. The van der Waals surface area contributed by atoms with Gasteiger partial charge in [-0.3, -0.25) is 0 Å². The number of alkyl halides is 3. The number of hydrogen-bond acceptors (Lipinski definition) is 3. The zero-order chi connectivity index (χ0) is 13.2. The van der Waals surface area contributed by atoms with Crippen LogP contribution in [0.2, 0.25) is 0 Å². The molecule has 18 heavy (non-hydrogen) atoms. The molecule has 0 spiro atoms. The maximum atomic E-state index is 12.2. The number of rotatable bonds is 4. The Labute approximate surface area is 109 Å². The van der Waals surface area contributed by atoms with Gasteiger partial charge in [0.1, 0.15) is 0 Å². The minimum atomic E-state index is -4.09. The van der Waals surface area contributed by atoms with E-state index in [2.05, 4.69) is 10.3 Å². The molecule has 2 rings (SSSR count). The van der Waals surface area contributed by atoms with Crippen LogP contribution in [0.25, 0.3) is 0 Å². The molecule has 0 amide bonds. The molecule has 1 N–H and O–H groups in total. The molecule has 0 radical (unpaired) electrons. The van der Waals surface area contributed by atoms with Crippen molar-refractivity contribution in [3.05, 3.63) is 15.6 Å². The van der Waals surface area contributed by atoms with Gasteiger partial charge in [0.2, 0.25) is 0 Å². The van der Waals surface area contributed by atoms with Crippen LogP contribution < -0.4 is 5.32 Å². The molecule has 1 heterocycles. The molecule has 1 unspecified atom stereocenters. The van der Waals surface area contributed by atoms with Gasteiger partial charge in [0.15, 0.2) is 0 Å². The van der Waals surface area contributed by atoms with E-state index in [4.69, 9.17) is 0 Å². The van der Waals surface area contributed by atoms with E-state index < -0.39 is 12.6 Å². The number of fused-ring (bicyclic) bond motifs is 1. The Kier molecular flexibility index (Phi) is 4.27. The first-order valence-corrected chi connectivity index (χ1v) is 7.10. The quantitative estimate of drug-likeness (QED) is 0.909. The van der Waals surface area contributed by atoms with Gasteiger partial charge >= 0.3 is 6.18 Å². The molecule has 0 bridgehead atoms. The number of hydrogen-bond donors (Lipinski definition) is 1. The van der Waals surface area contributed by atoms with Crippen molar-refractivity contribution in [2.24, 2.45) is 0 Å². The molecular weight excluding hydrogens is 261 g/mol. The van der Waals surface area contributed by atoms with Crippen molar-refractivity contribution < 1.29 is 13.2 Å². The molecule has 0 aliphatic heterocycles. The summed E-state index contributed by atoms with van der Waals surface area (Å²) in [5.41, 5.74) is 0.991. The van der Waals surface area contributed by atoms with Crippen LogP contribution in [0.5, 0.6) is 0 Å². The molecule has 0 saturated carbocycles. The molecule has 0 fully saturated rings. The third kappa shape index (κ3) is 3.45. The predicted octanol–water partition coefficient (Wildman–Crippen LogP) is 3.62. The van der Waals surface area contributed by atoms with Gasteiger partial charge in [0.25, 0.3) is 0 Å². The fourth-order valence-electron chi connectivity index (χ4n) is 2.27. The fraction of sp³-hybridized carbons (Fsp3) is 0.750. The Morgan fingerprint density at radius 1 is 1.44 bits per heavy atom. The maximum absolute atomic E-state index is 12.2. The lowest BCUT2D eigenvalue weighted by molar-refractivity contribution is -0.134. The van der Waals surface area contributed by atoms with E-state index in [9.17, 15) is 13.2 Å². The Balaban J connectivity index is 2.07. The molecule has 1 aliphatic carbocycles. The summed E-state index contributed by atoms with van der Waals surface area (Å²) < 4.78 is 36.6. The van der Waals surface area contributed by atoms with Crippen molar-refractivity contribution in [3.8, 4) is 0 Å². The van der Waals surface area contributed by atoms with Crippen molar-refractivity contribution >= 4 is 11.3 Å². The van der Waals surface area contributed by atoms with E-state index in [-0.39, 0.29) is 12.5 Å². The third-order valence-electron chi connectivity index (χ3n) is 3.07. The highest BCUT2D eigenvalue weighted by Crippen LogP contribution is 2.34.